The van der Waals surface area contributed by atoms with Gasteiger partial charge in [0.25, 0.3) is 0 Å². The number of carboxylic acids is 1. The Hall–Kier alpha value is -1.75. The Bertz CT molecular complexity index is 379. The molecule has 1 aromatic heterocycles. The van der Waals surface area contributed by atoms with Crippen molar-refractivity contribution in [2.45, 2.75) is 31.7 Å². The zero-order valence-corrected chi connectivity index (χ0v) is 9.50. The van der Waals surface area contributed by atoms with Crippen LogP contribution in [-0.4, -0.2) is 27.9 Å². The van der Waals surface area contributed by atoms with E-state index in [1.54, 1.807) is 24.5 Å². The van der Waals surface area contributed by atoms with Crippen LogP contribution in [0.25, 0.3) is 0 Å². The molecule has 0 saturated carbocycles. The summed E-state index contributed by atoms with van der Waals surface area (Å²) in [6, 6.07) is 2.52. The molecule has 1 rings (SSSR count). The number of hydrogen-bond donors (Lipinski definition) is 2. The van der Waals surface area contributed by atoms with Gasteiger partial charge in [-0.3, -0.25) is 14.6 Å². The van der Waals surface area contributed by atoms with Crippen LogP contribution in [0.1, 0.15) is 36.0 Å². The smallest absolute Gasteiger partial charge is 0.320 e. The SMILES string of the molecule is NC(CCCCC(=O)c1ccncc1)C(=O)O. The molecule has 0 amide bonds. The second-order valence-corrected chi connectivity index (χ2v) is 3.85. The Morgan fingerprint density at radius 1 is 1.29 bits per heavy atom. The van der Waals surface area contributed by atoms with Crippen LogP contribution in [0.15, 0.2) is 24.5 Å². The van der Waals surface area contributed by atoms with E-state index in [2.05, 4.69) is 4.98 Å². The third-order valence-electron chi connectivity index (χ3n) is 2.49. The Kier molecular flexibility index (Phi) is 5.29. The number of pyridine rings is 1. The van der Waals surface area contributed by atoms with Crippen molar-refractivity contribution in [2.75, 3.05) is 0 Å². The standard InChI is InChI=1S/C12H16N2O3/c13-10(12(16)17)3-1-2-4-11(15)9-5-7-14-8-6-9/h5-8,10H,1-4,13H2,(H,16,17). The molecule has 0 bridgehead atoms. The number of aliphatic carboxylic acids is 1. The van der Waals surface area contributed by atoms with Gasteiger partial charge in [-0.1, -0.05) is 6.42 Å². The second kappa shape index (κ2) is 6.75. The Balaban J connectivity index is 2.24. The van der Waals surface area contributed by atoms with Crippen molar-refractivity contribution in [3.05, 3.63) is 30.1 Å². The van der Waals surface area contributed by atoms with E-state index in [1.165, 1.54) is 0 Å². The summed E-state index contributed by atoms with van der Waals surface area (Å²) in [6.07, 6.45) is 5.27. The summed E-state index contributed by atoms with van der Waals surface area (Å²) in [6.45, 7) is 0. The Morgan fingerprint density at radius 2 is 1.94 bits per heavy atom. The predicted octanol–water partition coefficient (Wildman–Crippen LogP) is 1.24. The van der Waals surface area contributed by atoms with Crippen LogP contribution in [0.5, 0.6) is 0 Å². The number of carbonyl (C=O) groups is 2. The van der Waals surface area contributed by atoms with Crippen molar-refractivity contribution in [3.63, 3.8) is 0 Å². The highest BCUT2D eigenvalue weighted by atomic mass is 16.4. The van der Waals surface area contributed by atoms with Gasteiger partial charge in [-0.2, -0.15) is 0 Å². The lowest BCUT2D eigenvalue weighted by Crippen LogP contribution is -2.29. The summed E-state index contributed by atoms with van der Waals surface area (Å²) >= 11 is 0. The molecule has 17 heavy (non-hydrogen) atoms. The molecule has 92 valence electrons. The number of rotatable bonds is 7. The molecule has 3 N–H and O–H groups in total. The molecule has 0 spiro atoms. The Morgan fingerprint density at radius 3 is 2.53 bits per heavy atom. The van der Waals surface area contributed by atoms with Crippen LogP contribution < -0.4 is 5.73 Å². The number of Topliss-reactive ketones (excluding diaryl/α,β-unsaturated/α-hetero) is 1. The zero-order chi connectivity index (χ0) is 12.7. The summed E-state index contributed by atoms with van der Waals surface area (Å²) in [7, 11) is 0. The number of ketones is 1. The van der Waals surface area contributed by atoms with Gasteiger partial charge in [0.15, 0.2) is 5.78 Å². The first-order valence-corrected chi connectivity index (χ1v) is 5.53. The lowest BCUT2D eigenvalue weighted by molar-refractivity contribution is -0.138. The molecule has 1 unspecified atom stereocenters. The number of nitrogens with zero attached hydrogens (tertiary/aromatic N) is 1. The second-order valence-electron chi connectivity index (χ2n) is 3.85. The van der Waals surface area contributed by atoms with Gasteiger partial charge < -0.3 is 10.8 Å². The monoisotopic (exact) mass is 236 g/mol. The Labute approximate surface area is 99.7 Å². The molecule has 0 aliphatic rings. The average Bonchev–Trinajstić information content (AvgIpc) is 2.35. The van der Waals surface area contributed by atoms with Crippen LogP contribution in [0, 0.1) is 0 Å². The predicted molar refractivity (Wildman–Crippen MR) is 62.6 cm³/mol. The van der Waals surface area contributed by atoms with Gasteiger partial charge in [0.2, 0.25) is 0 Å². The average molecular weight is 236 g/mol. The van der Waals surface area contributed by atoms with Crippen LogP contribution >= 0.6 is 0 Å². The molecule has 0 radical (unpaired) electrons. The molecule has 5 heteroatoms. The molecule has 5 nitrogen and oxygen atoms in total. The number of carbonyl (C=O) groups excluding carboxylic acids is 1. The minimum atomic E-state index is -0.995. The van der Waals surface area contributed by atoms with Crippen LogP contribution in [0.4, 0.5) is 0 Å². The summed E-state index contributed by atoms with van der Waals surface area (Å²) in [5.74, 6) is -0.943. The van der Waals surface area contributed by atoms with Gasteiger partial charge in [-0.15, -0.1) is 0 Å². The first kappa shape index (κ1) is 13.3. The molecular formula is C12H16N2O3. The highest BCUT2D eigenvalue weighted by Crippen LogP contribution is 2.08. The molecular weight excluding hydrogens is 220 g/mol. The van der Waals surface area contributed by atoms with Gasteiger partial charge in [-0.25, -0.2) is 0 Å². The third-order valence-corrected chi connectivity index (χ3v) is 2.49. The molecule has 1 atom stereocenters. The number of aromatic nitrogens is 1. The normalized spacial score (nSPS) is 12.1. The van der Waals surface area contributed by atoms with Crippen molar-refractivity contribution in [1.82, 2.24) is 4.98 Å². The molecule has 0 aromatic carbocycles. The lowest BCUT2D eigenvalue weighted by atomic mass is 10.0. The van der Waals surface area contributed by atoms with E-state index < -0.39 is 12.0 Å². The van der Waals surface area contributed by atoms with Crippen molar-refractivity contribution in [2.24, 2.45) is 5.73 Å². The highest BCUT2D eigenvalue weighted by molar-refractivity contribution is 5.95. The van der Waals surface area contributed by atoms with E-state index in [-0.39, 0.29) is 5.78 Å². The summed E-state index contributed by atoms with van der Waals surface area (Å²) in [4.78, 5) is 25.9. The first-order chi connectivity index (χ1) is 8.11. The molecule has 0 aliphatic carbocycles. The summed E-state index contributed by atoms with van der Waals surface area (Å²) in [5.41, 5.74) is 5.99. The van der Waals surface area contributed by atoms with E-state index >= 15 is 0 Å². The molecule has 0 aliphatic heterocycles. The summed E-state index contributed by atoms with van der Waals surface area (Å²) < 4.78 is 0. The molecule has 1 heterocycles. The van der Waals surface area contributed by atoms with Gasteiger partial charge >= 0.3 is 5.97 Å². The van der Waals surface area contributed by atoms with Gasteiger partial charge in [0.1, 0.15) is 6.04 Å². The fourth-order valence-electron chi connectivity index (χ4n) is 1.46. The number of unbranched alkanes of at least 4 members (excludes halogenated alkanes) is 1. The fourth-order valence-corrected chi connectivity index (χ4v) is 1.46. The van der Waals surface area contributed by atoms with Gasteiger partial charge in [-0.05, 0) is 25.0 Å². The number of carboxylic acid groups (broad SMARTS) is 1. The van der Waals surface area contributed by atoms with Gasteiger partial charge in [0, 0.05) is 24.4 Å². The topological polar surface area (TPSA) is 93.3 Å². The summed E-state index contributed by atoms with van der Waals surface area (Å²) in [5, 5.41) is 8.57. The molecule has 0 saturated heterocycles. The highest BCUT2D eigenvalue weighted by Gasteiger charge is 2.11. The van der Waals surface area contributed by atoms with Crippen LogP contribution in [0.3, 0.4) is 0 Å². The van der Waals surface area contributed by atoms with Crippen molar-refractivity contribution in [1.29, 1.82) is 0 Å². The quantitative estimate of drug-likeness (QED) is 0.548. The van der Waals surface area contributed by atoms with E-state index in [0.717, 1.165) is 0 Å². The maximum Gasteiger partial charge on any atom is 0.320 e. The molecule has 1 aromatic rings. The maximum atomic E-state index is 11.6. The van der Waals surface area contributed by atoms with Crippen LogP contribution in [-0.2, 0) is 4.79 Å². The minimum Gasteiger partial charge on any atom is -0.480 e. The fraction of sp³-hybridized carbons (Fsp3) is 0.417. The maximum absolute atomic E-state index is 11.6. The number of nitrogens with two attached hydrogens (primary N) is 1. The first-order valence-electron chi connectivity index (χ1n) is 5.53. The van der Waals surface area contributed by atoms with Crippen molar-refractivity contribution in [3.8, 4) is 0 Å². The largest absolute Gasteiger partial charge is 0.480 e. The lowest BCUT2D eigenvalue weighted by Gasteiger charge is -2.05. The van der Waals surface area contributed by atoms with E-state index in [0.29, 0.717) is 31.2 Å². The van der Waals surface area contributed by atoms with E-state index in [4.69, 9.17) is 10.8 Å². The third kappa shape index (κ3) is 4.74. The number of hydrogen-bond acceptors (Lipinski definition) is 4. The van der Waals surface area contributed by atoms with Crippen LogP contribution in [0.2, 0.25) is 0 Å². The van der Waals surface area contributed by atoms with E-state index in [1.807, 2.05) is 0 Å². The van der Waals surface area contributed by atoms with E-state index in [9.17, 15) is 9.59 Å². The molecule has 0 fully saturated rings. The zero-order valence-electron chi connectivity index (χ0n) is 9.50. The van der Waals surface area contributed by atoms with Crippen molar-refractivity contribution >= 4 is 11.8 Å². The van der Waals surface area contributed by atoms with Gasteiger partial charge in [0.05, 0.1) is 0 Å². The van der Waals surface area contributed by atoms with Crippen molar-refractivity contribution < 1.29 is 14.7 Å². The minimum absolute atomic E-state index is 0.0521.